The number of halogens is 1. The van der Waals surface area contributed by atoms with Gasteiger partial charge in [-0.15, -0.1) is 0 Å². The monoisotopic (exact) mass is 308 g/mol. The van der Waals surface area contributed by atoms with Crippen LogP contribution in [0.15, 0.2) is 30.5 Å². The average Bonchev–Trinajstić information content (AvgIpc) is 2.45. The van der Waals surface area contributed by atoms with E-state index >= 15 is 0 Å². The van der Waals surface area contributed by atoms with Gasteiger partial charge in [0.2, 0.25) is 5.95 Å². The molecule has 0 saturated heterocycles. The molecule has 8 heteroatoms. The molecule has 0 spiro atoms. The van der Waals surface area contributed by atoms with Crippen molar-refractivity contribution >= 4 is 23.2 Å². The Morgan fingerprint density at radius 3 is 2.95 bits per heavy atom. The van der Waals surface area contributed by atoms with E-state index in [1.54, 1.807) is 18.2 Å². The highest BCUT2D eigenvalue weighted by Crippen LogP contribution is 2.25. The fraction of sp³-hybridized carbons (Fsp3) is 0.231. The van der Waals surface area contributed by atoms with Crippen LogP contribution in [-0.2, 0) is 6.61 Å². The van der Waals surface area contributed by atoms with E-state index in [9.17, 15) is 10.1 Å². The quantitative estimate of drug-likeness (QED) is 0.651. The molecule has 7 nitrogen and oxygen atoms in total. The maximum Gasteiger partial charge on any atom is 0.349 e. The zero-order valence-electron chi connectivity index (χ0n) is 11.2. The molecular weight excluding hydrogens is 296 g/mol. The van der Waals surface area contributed by atoms with Gasteiger partial charge in [-0.25, -0.2) is 4.98 Å². The number of ether oxygens (including phenoxy) is 1. The number of aromatic nitrogens is 2. The molecule has 0 radical (unpaired) electrons. The second-order valence-electron chi connectivity index (χ2n) is 4.09. The molecule has 1 aromatic carbocycles. The summed E-state index contributed by atoms with van der Waals surface area (Å²) in [6, 6.07) is 7.05. The lowest BCUT2D eigenvalue weighted by molar-refractivity contribution is -0.386. The molecule has 21 heavy (non-hydrogen) atoms. The minimum absolute atomic E-state index is 0.0778. The highest BCUT2D eigenvalue weighted by atomic mass is 35.5. The normalized spacial score (nSPS) is 10.2. The van der Waals surface area contributed by atoms with E-state index < -0.39 is 4.92 Å². The van der Waals surface area contributed by atoms with Gasteiger partial charge in [0.1, 0.15) is 12.8 Å². The molecular formula is C13H13ClN4O3. The van der Waals surface area contributed by atoms with Gasteiger partial charge in [-0.1, -0.05) is 23.7 Å². The number of hydrogen-bond donors (Lipinski definition) is 1. The lowest BCUT2D eigenvalue weighted by Gasteiger charge is -2.08. The fourth-order valence-corrected chi connectivity index (χ4v) is 1.83. The molecule has 0 atom stereocenters. The van der Waals surface area contributed by atoms with E-state index in [0.717, 1.165) is 11.8 Å². The van der Waals surface area contributed by atoms with Gasteiger partial charge in [-0.2, -0.15) is 4.98 Å². The predicted octanol–water partition coefficient (Wildman–Crippen LogP) is 3.05. The summed E-state index contributed by atoms with van der Waals surface area (Å²) in [4.78, 5) is 18.2. The smallest absolute Gasteiger partial charge is 0.349 e. The summed E-state index contributed by atoms with van der Waals surface area (Å²) >= 11 is 5.88. The molecule has 1 heterocycles. The van der Waals surface area contributed by atoms with Crippen molar-refractivity contribution in [1.29, 1.82) is 0 Å². The van der Waals surface area contributed by atoms with E-state index in [4.69, 9.17) is 16.3 Å². The van der Waals surface area contributed by atoms with Crippen LogP contribution in [0.4, 0.5) is 11.6 Å². The van der Waals surface area contributed by atoms with E-state index in [-0.39, 0.29) is 24.1 Å². The van der Waals surface area contributed by atoms with E-state index in [1.807, 2.05) is 13.0 Å². The summed E-state index contributed by atoms with van der Waals surface area (Å²) in [7, 11) is 0. The fourth-order valence-electron chi connectivity index (χ4n) is 1.61. The molecule has 2 rings (SSSR count). The third-order valence-electron chi connectivity index (χ3n) is 2.53. The Balaban J connectivity index is 2.20. The second-order valence-corrected chi connectivity index (χ2v) is 4.53. The molecule has 0 saturated carbocycles. The van der Waals surface area contributed by atoms with Gasteiger partial charge in [0.05, 0.1) is 4.92 Å². The number of nitrogens with one attached hydrogen (secondary N) is 1. The molecule has 0 fully saturated rings. The van der Waals surface area contributed by atoms with E-state index in [1.165, 1.54) is 0 Å². The SMILES string of the molecule is CCNc1ncc([N+](=O)[O-])c(OCc2cccc(Cl)c2)n1. The van der Waals surface area contributed by atoms with E-state index in [2.05, 4.69) is 15.3 Å². The first-order valence-electron chi connectivity index (χ1n) is 6.22. The molecule has 0 aliphatic carbocycles. The van der Waals surface area contributed by atoms with Crippen LogP contribution in [0.3, 0.4) is 0 Å². The first-order chi connectivity index (χ1) is 10.1. The van der Waals surface area contributed by atoms with Crippen LogP contribution in [-0.4, -0.2) is 21.4 Å². The zero-order chi connectivity index (χ0) is 15.2. The minimum atomic E-state index is -0.580. The number of anilines is 1. The zero-order valence-corrected chi connectivity index (χ0v) is 12.0. The number of nitrogens with zero attached hydrogens (tertiary/aromatic N) is 3. The standard InChI is InChI=1S/C13H13ClN4O3/c1-2-15-13-16-7-11(18(19)20)12(17-13)21-8-9-4-3-5-10(14)6-9/h3-7H,2,8H2,1H3,(H,15,16,17). The van der Waals surface area contributed by atoms with Crippen molar-refractivity contribution < 1.29 is 9.66 Å². The molecule has 110 valence electrons. The van der Waals surface area contributed by atoms with Crippen LogP contribution in [0.5, 0.6) is 5.88 Å². The molecule has 1 N–H and O–H groups in total. The topological polar surface area (TPSA) is 90.2 Å². The number of rotatable bonds is 6. The Kier molecular flexibility index (Phi) is 4.89. The lowest BCUT2D eigenvalue weighted by Crippen LogP contribution is -2.06. The minimum Gasteiger partial charge on any atom is -0.468 e. The van der Waals surface area contributed by atoms with Crippen LogP contribution >= 0.6 is 11.6 Å². The molecule has 0 amide bonds. The Hall–Kier alpha value is -2.41. The Bertz CT molecular complexity index is 651. The van der Waals surface area contributed by atoms with Crippen molar-refractivity contribution in [2.75, 3.05) is 11.9 Å². The van der Waals surface area contributed by atoms with Gasteiger partial charge in [-0.05, 0) is 24.6 Å². The van der Waals surface area contributed by atoms with Crippen molar-refractivity contribution in [3.8, 4) is 5.88 Å². The first kappa shape index (κ1) is 15.0. The van der Waals surface area contributed by atoms with Gasteiger partial charge in [0.15, 0.2) is 0 Å². The third kappa shape index (κ3) is 4.03. The third-order valence-corrected chi connectivity index (χ3v) is 2.77. The van der Waals surface area contributed by atoms with Crippen LogP contribution in [0, 0.1) is 10.1 Å². The molecule has 0 unspecified atom stereocenters. The molecule has 0 aliphatic heterocycles. The van der Waals surface area contributed by atoms with Crippen LogP contribution in [0.1, 0.15) is 12.5 Å². The van der Waals surface area contributed by atoms with Crippen LogP contribution < -0.4 is 10.1 Å². The Morgan fingerprint density at radius 1 is 1.48 bits per heavy atom. The lowest BCUT2D eigenvalue weighted by atomic mass is 10.2. The van der Waals surface area contributed by atoms with Gasteiger partial charge >= 0.3 is 5.69 Å². The Morgan fingerprint density at radius 2 is 2.29 bits per heavy atom. The van der Waals surface area contributed by atoms with Crippen molar-refractivity contribution in [2.24, 2.45) is 0 Å². The predicted molar refractivity (Wildman–Crippen MR) is 78.6 cm³/mol. The maximum absolute atomic E-state index is 11.0. The summed E-state index contributed by atoms with van der Waals surface area (Å²) in [6.45, 7) is 2.60. The highest BCUT2D eigenvalue weighted by molar-refractivity contribution is 6.30. The largest absolute Gasteiger partial charge is 0.468 e. The molecule has 0 aliphatic rings. The molecule has 0 bridgehead atoms. The molecule has 2 aromatic rings. The van der Waals surface area contributed by atoms with Crippen molar-refractivity contribution in [3.05, 3.63) is 51.2 Å². The summed E-state index contributed by atoms with van der Waals surface area (Å²) in [5, 5.41) is 14.4. The summed E-state index contributed by atoms with van der Waals surface area (Å²) in [6.07, 6.45) is 1.12. The summed E-state index contributed by atoms with van der Waals surface area (Å²) in [5.41, 5.74) is 0.513. The van der Waals surface area contributed by atoms with E-state index in [0.29, 0.717) is 11.6 Å². The van der Waals surface area contributed by atoms with Crippen LogP contribution in [0.25, 0.3) is 0 Å². The van der Waals surface area contributed by atoms with Crippen LogP contribution in [0.2, 0.25) is 5.02 Å². The second kappa shape index (κ2) is 6.85. The van der Waals surface area contributed by atoms with Crippen molar-refractivity contribution in [3.63, 3.8) is 0 Å². The Labute approximate surface area is 126 Å². The number of benzene rings is 1. The van der Waals surface area contributed by atoms with Crippen molar-refractivity contribution in [1.82, 2.24) is 9.97 Å². The van der Waals surface area contributed by atoms with Gasteiger partial charge in [-0.3, -0.25) is 10.1 Å². The number of hydrogen-bond acceptors (Lipinski definition) is 6. The average molecular weight is 309 g/mol. The van der Waals surface area contributed by atoms with Gasteiger partial charge < -0.3 is 10.1 Å². The maximum atomic E-state index is 11.0. The summed E-state index contributed by atoms with van der Waals surface area (Å²) < 4.78 is 5.44. The van der Waals surface area contributed by atoms with Gasteiger partial charge in [0, 0.05) is 11.6 Å². The van der Waals surface area contributed by atoms with Gasteiger partial charge in [0.25, 0.3) is 5.88 Å². The highest BCUT2D eigenvalue weighted by Gasteiger charge is 2.19. The molecule has 1 aromatic heterocycles. The first-order valence-corrected chi connectivity index (χ1v) is 6.60. The van der Waals surface area contributed by atoms with Crippen molar-refractivity contribution in [2.45, 2.75) is 13.5 Å². The number of nitro groups is 1. The summed E-state index contributed by atoms with van der Waals surface area (Å²) in [5.74, 6) is 0.204.